The Balaban J connectivity index is 1.85. The summed E-state index contributed by atoms with van der Waals surface area (Å²) in [6.07, 6.45) is 4.91. The molecule has 0 spiro atoms. The van der Waals surface area contributed by atoms with Crippen molar-refractivity contribution in [3.8, 4) is 17.2 Å². The zero-order chi connectivity index (χ0) is 31.8. The van der Waals surface area contributed by atoms with Crippen LogP contribution in [0.2, 0.25) is 0 Å². The topological polar surface area (TPSA) is 124 Å². The Bertz CT molecular complexity index is 1590. The molecule has 1 fully saturated rings. The molecule has 230 valence electrons. The van der Waals surface area contributed by atoms with Gasteiger partial charge in [0, 0.05) is 5.56 Å². The Morgan fingerprint density at radius 1 is 1.07 bits per heavy atom. The van der Waals surface area contributed by atoms with Gasteiger partial charge in [-0.25, -0.2) is 9.78 Å². The lowest BCUT2D eigenvalue weighted by Gasteiger charge is -2.24. The molecule has 11 heteroatoms. The van der Waals surface area contributed by atoms with Crippen LogP contribution in [0.25, 0.3) is 5.76 Å². The molecule has 0 aliphatic carbocycles. The van der Waals surface area contributed by atoms with E-state index in [0.717, 1.165) is 24.2 Å². The molecule has 1 aliphatic heterocycles. The lowest BCUT2D eigenvalue weighted by Crippen LogP contribution is -2.29. The number of aliphatic hydroxyl groups is 1. The zero-order valence-electron chi connectivity index (χ0n) is 24.8. The number of ether oxygens (including phenoxy) is 4. The summed E-state index contributed by atoms with van der Waals surface area (Å²) >= 11 is 0.910. The summed E-state index contributed by atoms with van der Waals surface area (Å²) in [7, 11) is 1.46. The van der Waals surface area contributed by atoms with Crippen LogP contribution in [0.15, 0.2) is 73.3 Å². The molecule has 0 bridgehead atoms. The van der Waals surface area contributed by atoms with E-state index in [1.165, 1.54) is 18.1 Å². The highest BCUT2D eigenvalue weighted by molar-refractivity contribution is 7.17. The van der Waals surface area contributed by atoms with Crippen LogP contribution in [0.5, 0.6) is 17.2 Å². The molecule has 3 aromatic rings. The summed E-state index contributed by atoms with van der Waals surface area (Å²) < 4.78 is 22.1. The van der Waals surface area contributed by atoms with E-state index in [1.807, 2.05) is 0 Å². The number of aliphatic hydroxyl groups excluding tert-OH is 1. The number of esters is 1. The summed E-state index contributed by atoms with van der Waals surface area (Å²) in [4.78, 5) is 45.7. The van der Waals surface area contributed by atoms with Gasteiger partial charge in [-0.15, -0.1) is 0 Å². The number of carbonyl (C=O) groups excluding carboxylic acids is 3. The van der Waals surface area contributed by atoms with Gasteiger partial charge in [-0.05, 0) is 55.3 Å². The van der Waals surface area contributed by atoms with Crippen molar-refractivity contribution in [3.63, 3.8) is 0 Å². The maximum absolute atomic E-state index is 13.6. The Morgan fingerprint density at radius 3 is 2.45 bits per heavy atom. The van der Waals surface area contributed by atoms with Crippen LogP contribution in [0.3, 0.4) is 0 Å². The van der Waals surface area contributed by atoms with E-state index in [9.17, 15) is 19.5 Å². The van der Waals surface area contributed by atoms with Crippen molar-refractivity contribution in [2.75, 3.05) is 31.8 Å². The van der Waals surface area contributed by atoms with Gasteiger partial charge in [-0.2, -0.15) is 0 Å². The highest BCUT2D eigenvalue weighted by Crippen LogP contribution is 2.45. The summed E-state index contributed by atoms with van der Waals surface area (Å²) in [5, 5.41) is 11.6. The van der Waals surface area contributed by atoms with Crippen LogP contribution in [0, 0.1) is 6.92 Å². The molecular formula is C33H34N2O8S. The number of thiazole rings is 1. The number of nitrogens with zero attached hydrogens (tertiary/aromatic N) is 2. The van der Waals surface area contributed by atoms with Crippen LogP contribution in [-0.4, -0.2) is 54.7 Å². The number of hydrogen-bond acceptors (Lipinski definition) is 10. The van der Waals surface area contributed by atoms with Gasteiger partial charge >= 0.3 is 11.9 Å². The number of methoxy groups -OCH3 is 1. The smallest absolute Gasteiger partial charge is 0.350 e. The number of unbranched alkanes of at least 4 members (excludes halogenated alkanes) is 1. The first-order valence-electron chi connectivity index (χ1n) is 14.0. The predicted octanol–water partition coefficient (Wildman–Crippen LogP) is 6.17. The molecule has 1 aromatic heterocycles. The molecule has 4 rings (SSSR count). The van der Waals surface area contributed by atoms with Crippen molar-refractivity contribution in [1.82, 2.24) is 4.98 Å². The molecule has 10 nitrogen and oxygen atoms in total. The fourth-order valence-electron chi connectivity index (χ4n) is 4.54. The highest BCUT2D eigenvalue weighted by atomic mass is 32.1. The molecule has 1 unspecified atom stereocenters. The monoisotopic (exact) mass is 618 g/mol. The SMILES string of the molecule is C=CCOC(=O)c1sc(N2C(=O)C(=O)/C(=C(\O)c3ccc(OCCCC)cc3)C2c2ccc(OCC=C)c(OC)c2)nc1C. The summed E-state index contributed by atoms with van der Waals surface area (Å²) in [5.74, 6) is -1.46. The molecule has 1 aliphatic rings. The second-order valence-corrected chi connectivity index (χ2v) is 10.7. The molecule has 1 atom stereocenters. The number of rotatable bonds is 14. The van der Waals surface area contributed by atoms with Crippen molar-refractivity contribution in [2.24, 2.45) is 0 Å². The van der Waals surface area contributed by atoms with Gasteiger partial charge in [0.05, 0.1) is 31.0 Å². The fourth-order valence-corrected chi connectivity index (χ4v) is 5.53. The minimum absolute atomic E-state index is 0.00147. The van der Waals surface area contributed by atoms with Crippen LogP contribution < -0.4 is 19.1 Å². The number of carbonyl (C=O) groups is 3. The van der Waals surface area contributed by atoms with Gasteiger partial charge in [0.2, 0.25) is 0 Å². The predicted molar refractivity (Wildman–Crippen MR) is 168 cm³/mol. The van der Waals surface area contributed by atoms with E-state index in [1.54, 1.807) is 55.5 Å². The molecule has 1 saturated heterocycles. The van der Waals surface area contributed by atoms with Crippen LogP contribution in [-0.2, 0) is 14.3 Å². The zero-order valence-corrected chi connectivity index (χ0v) is 25.6. The number of amides is 1. The van der Waals surface area contributed by atoms with Crippen LogP contribution in [0.1, 0.15) is 52.3 Å². The summed E-state index contributed by atoms with van der Waals surface area (Å²) in [6.45, 7) is 11.7. The first-order valence-corrected chi connectivity index (χ1v) is 14.8. The normalized spacial score (nSPS) is 15.6. The number of aromatic nitrogens is 1. The first kappa shape index (κ1) is 32.0. The third kappa shape index (κ3) is 6.68. The van der Waals surface area contributed by atoms with Gasteiger partial charge in [-0.1, -0.05) is 56.1 Å². The van der Waals surface area contributed by atoms with Gasteiger partial charge in [0.25, 0.3) is 5.78 Å². The molecule has 0 saturated carbocycles. The largest absolute Gasteiger partial charge is 0.507 e. The summed E-state index contributed by atoms with van der Waals surface area (Å²) in [5.41, 5.74) is 0.929. The first-order chi connectivity index (χ1) is 21.2. The summed E-state index contributed by atoms with van der Waals surface area (Å²) in [6, 6.07) is 10.4. The number of ketones is 1. The standard InChI is InChI=1S/C33H34N2O8S/c1-6-9-18-41-23-13-10-21(11-14-23)28(36)26-27(22-12-15-24(42-16-7-2)25(19-22)40-5)35(31(38)29(26)37)33-34-20(4)30(44-33)32(39)43-17-8-3/h7-8,10-15,19,27,36H,2-3,6,9,16-18H2,1,4-5H3/b28-26-. The second-order valence-electron chi connectivity index (χ2n) is 9.70. The average Bonchev–Trinajstić information content (AvgIpc) is 3.54. The minimum Gasteiger partial charge on any atom is -0.507 e. The fraction of sp³-hybridized carbons (Fsp3) is 0.273. The number of benzene rings is 2. The maximum atomic E-state index is 13.6. The molecule has 1 amide bonds. The van der Waals surface area contributed by atoms with Crippen molar-refractivity contribution >= 4 is 39.9 Å². The molecular weight excluding hydrogens is 584 g/mol. The lowest BCUT2D eigenvalue weighted by atomic mass is 9.95. The Labute approximate surface area is 259 Å². The Kier molecular flexibility index (Phi) is 10.6. The molecule has 44 heavy (non-hydrogen) atoms. The molecule has 0 radical (unpaired) electrons. The lowest BCUT2D eigenvalue weighted by molar-refractivity contribution is -0.132. The molecule has 2 aromatic carbocycles. The van der Waals surface area contributed by atoms with Crippen molar-refractivity contribution in [3.05, 3.63) is 95.0 Å². The van der Waals surface area contributed by atoms with Gasteiger partial charge in [-0.3, -0.25) is 14.5 Å². The third-order valence-electron chi connectivity index (χ3n) is 6.71. The number of aryl methyl sites for hydroxylation is 1. The quantitative estimate of drug-likeness (QED) is 0.0564. The van der Waals surface area contributed by atoms with Crippen molar-refractivity contribution in [2.45, 2.75) is 32.7 Å². The molecule has 2 heterocycles. The average molecular weight is 619 g/mol. The second kappa shape index (κ2) is 14.5. The van der Waals surface area contributed by atoms with E-state index in [-0.39, 0.29) is 34.6 Å². The number of Topliss-reactive ketones (excluding diaryl/α,β-unsaturated/α-hetero) is 1. The Morgan fingerprint density at radius 2 is 1.80 bits per heavy atom. The number of hydrogen-bond donors (Lipinski definition) is 1. The van der Waals surface area contributed by atoms with Crippen molar-refractivity contribution < 1.29 is 38.4 Å². The van der Waals surface area contributed by atoms with Gasteiger partial charge < -0.3 is 24.1 Å². The van der Waals surface area contributed by atoms with Crippen molar-refractivity contribution in [1.29, 1.82) is 0 Å². The Hall–Kier alpha value is -4.90. The molecule has 1 N–H and O–H groups in total. The van der Waals surface area contributed by atoms with E-state index < -0.39 is 23.7 Å². The van der Waals surface area contributed by atoms with E-state index in [4.69, 9.17) is 18.9 Å². The van der Waals surface area contributed by atoms with E-state index in [0.29, 0.717) is 40.7 Å². The third-order valence-corrected chi connectivity index (χ3v) is 7.84. The number of anilines is 1. The van der Waals surface area contributed by atoms with Crippen LogP contribution in [0.4, 0.5) is 5.13 Å². The van der Waals surface area contributed by atoms with E-state index in [2.05, 4.69) is 25.1 Å². The highest BCUT2D eigenvalue weighted by Gasteiger charge is 2.48. The minimum atomic E-state index is -1.11. The van der Waals surface area contributed by atoms with Gasteiger partial charge in [0.1, 0.15) is 29.6 Å². The van der Waals surface area contributed by atoms with E-state index >= 15 is 0 Å². The maximum Gasteiger partial charge on any atom is 0.350 e. The van der Waals surface area contributed by atoms with Crippen LogP contribution >= 0.6 is 11.3 Å². The van der Waals surface area contributed by atoms with Gasteiger partial charge in [0.15, 0.2) is 16.6 Å².